The quantitative estimate of drug-likeness (QED) is 0.775. The molecule has 0 radical (unpaired) electrons. The van der Waals surface area contributed by atoms with E-state index >= 15 is 0 Å². The van der Waals surface area contributed by atoms with Crippen LogP contribution in [-0.2, 0) is 6.54 Å². The Kier molecular flexibility index (Phi) is 3.75. The van der Waals surface area contributed by atoms with Crippen molar-refractivity contribution in [3.63, 3.8) is 0 Å². The highest BCUT2D eigenvalue weighted by Crippen LogP contribution is 2.09. The van der Waals surface area contributed by atoms with E-state index in [0.717, 1.165) is 12.4 Å². The number of hydrogen-bond donors (Lipinski definition) is 2. The molecular formula is C11H20N4. The number of aromatic amines is 1. The average molecular weight is 208 g/mol. The maximum absolute atomic E-state index is 4.21. The molecule has 2 heterocycles. The van der Waals surface area contributed by atoms with E-state index in [9.17, 15) is 0 Å². The van der Waals surface area contributed by atoms with Gasteiger partial charge in [-0.3, -0.25) is 0 Å². The first-order valence-electron chi connectivity index (χ1n) is 5.82. The molecule has 1 aromatic rings. The molecule has 2 rings (SSSR count). The monoisotopic (exact) mass is 208 g/mol. The molecule has 0 spiro atoms. The first kappa shape index (κ1) is 10.6. The molecule has 1 aromatic heterocycles. The number of nitrogens with zero attached hydrogens (tertiary/aromatic N) is 2. The number of likely N-dealkylation sites (N-methyl/N-ethyl adjacent to an activating group) is 1. The van der Waals surface area contributed by atoms with Gasteiger partial charge in [0.05, 0.1) is 6.54 Å². The van der Waals surface area contributed by atoms with Gasteiger partial charge in [-0.25, -0.2) is 4.98 Å². The van der Waals surface area contributed by atoms with Gasteiger partial charge in [-0.05, 0) is 25.9 Å². The van der Waals surface area contributed by atoms with E-state index in [0.29, 0.717) is 6.04 Å². The molecule has 1 saturated heterocycles. The molecule has 1 fully saturated rings. The van der Waals surface area contributed by atoms with Gasteiger partial charge < -0.3 is 15.2 Å². The number of H-pyrrole nitrogens is 1. The zero-order valence-electron chi connectivity index (χ0n) is 9.37. The average Bonchev–Trinajstić information content (AvgIpc) is 2.79. The van der Waals surface area contributed by atoms with Crippen LogP contribution in [-0.4, -0.2) is 40.5 Å². The van der Waals surface area contributed by atoms with Gasteiger partial charge in [0.15, 0.2) is 0 Å². The molecule has 1 aliphatic rings. The lowest BCUT2D eigenvalue weighted by atomic mass is 10.1. The minimum atomic E-state index is 0.629. The molecule has 4 nitrogen and oxygen atoms in total. The van der Waals surface area contributed by atoms with E-state index in [2.05, 4.69) is 27.1 Å². The van der Waals surface area contributed by atoms with Crippen LogP contribution in [0.4, 0.5) is 0 Å². The van der Waals surface area contributed by atoms with Crippen molar-refractivity contribution in [1.82, 2.24) is 20.2 Å². The topological polar surface area (TPSA) is 44.0 Å². The second kappa shape index (κ2) is 5.28. The van der Waals surface area contributed by atoms with Crippen molar-refractivity contribution in [3.05, 3.63) is 18.2 Å². The molecule has 0 aromatic carbocycles. The third-order valence-electron chi connectivity index (χ3n) is 3.07. The molecule has 15 heavy (non-hydrogen) atoms. The maximum atomic E-state index is 4.21. The lowest BCUT2D eigenvalue weighted by Crippen LogP contribution is -2.45. The number of aromatic nitrogens is 2. The highest BCUT2D eigenvalue weighted by atomic mass is 15.2. The second-order valence-electron chi connectivity index (χ2n) is 4.15. The van der Waals surface area contributed by atoms with E-state index in [1.807, 2.05) is 6.20 Å². The van der Waals surface area contributed by atoms with E-state index in [1.165, 1.54) is 32.5 Å². The number of likely N-dealkylation sites (tertiary alicyclic amines) is 1. The predicted molar refractivity (Wildman–Crippen MR) is 60.6 cm³/mol. The van der Waals surface area contributed by atoms with E-state index in [4.69, 9.17) is 0 Å². The molecule has 1 aliphatic heterocycles. The van der Waals surface area contributed by atoms with Gasteiger partial charge in [-0.1, -0.05) is 6.92 Å². The van der Waals surface area contributed by atoms with E-state index in [1.54, 1.807) is 6.20 Å². The molecule has 2 N–H and O–H groups in total. The van der Waals surface area contributed by atoms with Crippen molar-refractivity contribution >= 4 is 0 Å². The molecule has 0 saturated carbocycles. The first-order valence-corrected chi connectivity index (χ1v) is 5.82. The minimum absolute atomic E-state index is 0.629. The summed E-state index contributed by atoms with van der Waals surface area (Å²) in [6, 6.07) is 0.629. The van der Waals surface area contributed by atoms with Crippen LogP contribution in [0.1, 0.15) is 25.6 Å². The fourth-order valence-electron chi connectivity index (χ4n) is 2.15. The molecule has 1 unspecified atom stereocenters. The number of imidazole rings is 1. The zero-order chi connectivity index (χ0) is 10.5. The largest absolute Gasteiger partial charge is 0.348 e. The second-order valence-corrected chi connectivity index (χ2v) is 4.15. The van der Waals surface area contributed by atoms with Crippen molar-refractivity contribution < 1.29 is 0 Å². The highest BCUT2D eigenvalue weighted by Gasteiger charge is 2.17. The smallest absolute Gasteiger partial charge is 0.120 e. The van der Waals surface area contributed by atoms with Crippen LogP contribution in [0.15, 0.2) is 12.4 Å². The molecular weight excluding hydrogens is 188 g/mol. The number of piperidine rings is 1. The highest BCUT2D eigenvalue weighted by molar-refractivity contribution is 4.88. The van der Waals surface area contributed by atoms with Gasteiger partial charge in [0.2, 0.25) is 0 Å². The lowest BCUT2D eigenvalue weighted by Gasteiger charge is -2.32. The Bertz CT molecular complexity index is 270. The fourth-order valence-corrected chi connectivity index (χ4v) is 2.15. The summed E-state index contributed by atoms with van der Waals surface area (Å²) in [6.45, 7) is 6.69. The van der Waals surface area contributed by atoms with Crippen LogP contribution in [0.25, 0.3) is 0 Å². The summed E-state index contributed by atoms with van der Waals surface area (Å²) in [5.41, 5.74) is 0. The molecule has 84 valence electrons. The van der Waals surface area contributed by atoms with Crippen LogP contribution in [0, 0.1) is 0 Å². The SMILES string of the molecule is CCN1CCCC(NCc2ncc[nH]2)C1. The summed E-state index contributed by atoms with van der Waals surface area (Å²) < 4.78 is 0. The van der Waals surface area contributed by atoms with Gasteiger partial charge in [0, 0.05) is 25.0 Å². The first-order chi connectivity index (χ1) is 7.38. The summed E-state index contributed by atoms with van der Waals surface area (Å²) in [5, 5.41) is 3.55. The van der Waals surface area contributed by atoms with Crippen molar-refractivity contribution in [2.45, 2.75) is 32.4 Å². The van der Waals surface area contributed by atoms with Crippen molar-refractivity contribution in [3.8, 4) is 0 Å². The van der Waals surface area contributed by atoms with Gasteiger partial charge in [0.25, 0.3) is 0 Å². The van der Waals surface area contributed by atoms with Gasteiger partial charge >= 0.3 is 0 Å². The van der Waals surface area contributed by atoms with E-state index < -0.39 is 0 Å². The minimum Gasteiger partial charge on any atom is -0.348 e. The molecule has 1 atom stereocenters. The molecule has 0 aliphatic carbocycles. The summed E-state index contributed by atoms with van der Waals surface area (Å²) >= 11 is 0. The van der Waals surface area contributed by atoms with Gasteiger partial charge in [0.1, 0.15) is 5.82 Å². The Morgan fingerprint density at radius 3 is 3.33 bits per heavy atom. The Morgan fingerprint density at radius 2 is 2.60 bits per heavy atom. The van der Waals surface area contributed by atoms with E-state index in [-0.39, 0.29) is 0 Å². The van der Waals surface area contributed by atoms with Crippen LogP contribution < -0.4 is 5.32 Å². The Labute approximate surface area is 91.1 Å². The lowest BCUT2D eigenvalue weighted by molar-refractivity contribution is 0.198. The zero-order valence-corrected chi connectivity index (χ0v) is 9.37. The number of rotatable bonds is 4. The summed E-state index contributed by atoms with van der Waals surface area (Å²) in [6.07, 6.45) is 6.27. The van der Waals surface area contributed by atoms with Crippen LogP contribution in [0.3, 0.4) is 0 Å². The normalized spacial score (nSPS) is 23.1. The standard InChI is InChI=1S/C11H20N4/c1-2-15-7-3-4-10(9-15)14-8-11-12-5-6-13-11/h5-6,10,14H,2-4,7-9H2,1H3,(H,12,13). The summed E-state index contributed by atoms with van der Waals surface area (Å²) in [5.74, 6) is 1.03. The Balaban J connectivity index is 1.74. The summed E-state index contributed by atoms with van der Waals surface area (Å²) in [7, 11) is 0. The van der Waals surface area contributed by atoms with Crippen LogP contribution >= 0.6 is 0 Å². The van der Waals surface area contributed by atoms with Gasteiger partial charge in [-0.2, -0.15) is 0 Å². The van der Waals surface area contributed by atoms with Crippen molar-refractivity contribution in [2.75, 3.05) is 19.6 Å². The fraction of sp³-hybridized carbons (Fsp3) is 0.727. The Hall–Kier alpha value is -0.870. The number of hydrogen-bond acceptors (Lipinski definition) is 3. The predicted octanol–water partition coefficient (Wildman–Crippen LogP) is 0.984. The molecule has 4 heteroatoms. The van der Waals surface area contributed by atoms with Crippen LogP contribution in [0.2, 0.25) is 0 Å². The van der Waals surface area contributed by atoms with Crippen molar-refractivity contribution in [1.29, 1.82) is 0 Å². The molecule has 0 bridgehead atoms. The molecule has 0 amide bonds. The van der Waals surface area contributed by atoms with Crippen LogP contribution in [0.5, 0.6) is 0 Å². The Morgan fingerprint density at radius 1 is 1.67 bits per heavy atom. The number of nitrogens with one attached hydrogen (secondary N) is 2. The summed E-state index contributed by atoms with van der Waals surface area (Å²) in [4.78, 5) is 9.83. The third kappa shape index (κ3) is 3.04. The maximum Gasteiger partial charge on any atom is 0.120 e. The van der Waals surface area contributed by atoms with Crippen molar-refractivity contribution in [2.24, 2.45) is 0 Å². The van der Waals surface area contributed by atoms with Gasteiger partial charge in [-0.15, -0.1) is 0 Å². The third-order valence-corrected chi connectivity index (χ3v) is 3.07.